The number of nitrogens with one attached hydrogen (secondary N) is 1. The summed E-state index contributed by atoms with van der Waals surface area (Å²) < 4.78 is 0. The van der Waals surface area contributed by atoms with Gasteiger partial charge in [0.25, 0.3) is 0 Å². The van der Waals surface area contributed by atoms with Crippen LogP contribution < -0.4 is 5.32 Å². The van der Waals surface area contributed by atoms with Crippen molar-refractivity contribution in [1.82, 2.24) is 20.0 Å². The van der Waals surface area contributed by atoms with E-state index < -0.39 is 0 Å². The van der Waals surface area contributed by atoms with Gasteiger partial charge in [0.1, 0.15) is 0 Å². The third-order valence-electron chi connectivity index (χ3n) is 4.93. The first-order chi connectivity index (χ1) is 10.6. The van der Waals surface area contributed by atoms with E-state index in [1.54, 1.807) is 7.05 Å². The molecule has 2 aliphatic rings. The molecule has 1 aliphatic heterocycles. The average Bonchev–Trinajstić information content (AvgIpc) is 2.55. The van der Waals surface area contributed by atoms with Crippen LogP contribution in [-0.2, 0) is 9.59 Å². The largest absolute Gasteiger partial charge is 0.342 e. The lowest BCUT2D eigenvalue weighted by atomic mass is 9.94. The van der Waals surface area contributed by atoms with Crippen molar-refractivity contribution in [1.29, 1.82) is 0 Å². The third-order valence-corrected chi connectivity index (χ3v) is 4.93. The number of piperazine rings is 1. The molecule has 6 nitrogen and oxygen atoms in total. The van der Waals surface area contributed by atoms with E-state index in [0.717, 1.165) is 39.0 Å². The fourth-order valence-corrected chi connectivity index (χ4v) is 3.39. The first-order valence-electron chi connectivity index (χ1n) is 8.52. The fourth-order valence-electron chi connectivity index (χ4n) is 3.39. The number of likely N-dealkylation sites (N-methyl/N-ethyl adjacent to an activating group) is 2. The number of rotatable bonds is 5. The first kappa shape index (κ1) is 20.2. The van der Waals surface area contributed by atoms with Crippen LogP contribution >= 0.6 is 12.4 Å². The molecule has 134 valence electrons. The van der Waals surface area contributed by atoms with E-state index in [2.05, 4.69) is 10.2 Å². The average molecular weight is 347 g/mol. The summed E-state index contributed by atoms with van der Waals surface area (Å²) in [5, 5.41) is 2.89. The third kappa shape index (κ3) is 5.94. The van der Waals surface area contributed by atoms with Gasteiger partial charge >= 0.3 is 0 Å². The maximum Gasteiger partial charge on any atom is 0.236 e. The van der Waals surface area contributed by atoms with Crippen LogP contribution in [0.3, 0.4) is 0 Å². The molecular weight excluding hydrogens is 316 g/mol. The van der Waals surface area contributed by atoms with Crippen LogP contribution in [0.2, 0.25) is 0 Å². The topological polar surface area (TPSA) is 55.9 Å². The van der Waals surface area contributed by atoms with Gasteiger partial charge in [-0.25, -0.2) is 0 Å². The second-order valence-electron chi connectivity index (χ2n) is 6.48. The number of nitrogens with zero attached hydrogens (tertiary/aromatic N) is 3. The Balaban J connectivity index is 0.00000264. The predicted molar refractivity (Wildman–Crippen MR) is 93.8 cm³/mol. The highest BCUT2D eigenvalue weighted by Crippen LogP contribution is 2.21. The number of carbonyl (C=O) groups is 2. The summed E-state index contributed by atoms with van der Waals surface area (Å²) in [6, 6.07) is 0.430. The molecule has 1 saturated carbocycles. The fraction of sp³-hybridized carbons (Fsp3) is 0.875. The van der Waals surface area contributed by atoms with E-state index in [0.29, 0.717) is 19.1 Å². The lowest BCUT2D eigenvalue weighted by Gasteiger charge is -2.37. The molecule has 2 fully saturated rings. The van der Waals surface area contributed by atoms with Gasteiger partial charge in [-0.3, -0.25) is 14.5 Å². The summed E-state index contributed by atoms with van der Waals surface area (Å²) in [6.45, 7) is 3.91. The van der Waals surface area contributed by atoms with Crippen LogP contribution in [0.1, 0.15) is 32.1 Å². The van der Waals surface area contributed by atoms with Crippen molar-refractivity contribution in [2.75, 3.05) is 53.4 Å². The van der Waals surface area contributed by atoms with Crippen LogP contribution in [0.25, 0.3) is 0 Å². The Morgan fingerprint density at radius 2 is 1.70 bits per heavy atom. The van der Waals surface area contributed by atoms with Crippen molar-refractivity contribution >= 4 is 24.2 Å². The molecule has 0 aromatic carbocycles. The van der Waals surface area contributed by atoms with Crippen LogP contribution in [0.5, 0.6) is 0 Å². The van der Waals surface area contributed by atoms with E-state index >= 15 is 0 Å². The quantitative estimate of drug-likeness (QED) is 0.790. The summed E-state index contributed by atoms with van der Waals surface area (Å²) >= 11 is 0. The maximum atomic E-state index is 12.4. The lowest BCUT2D eigenvalue weighted by molar-refractivity contribution is -0.135. The Morgan fingerprint density at radius 3 is 2.26 bits per heavy atom. The Bertz CT molecular complexity index is 380. The van der Waals surface area contributed by atoms with Gasteiger partial charge in [-0.15, -0.1) is 12.4 Å². The number of carbonyl (C=O) groups excluding carboxylic acids is 2. The highest BCUT2D eigenvalue weighted by Gasteiger charge is 2.26. The zero-order chi connectivity index (χ0) is 15.9. The van der Waals surface area contributed by atoms with E-state index in [4.69, 9.17) is 0 Å². The molecule has 0 radical (unpaired) electrons. The summed E-state index contributed by atoms with van der Waals surface area (Å²) in [5.41, 5.74) is 0. The number of halogens is 1. The Morgan fingerprint density at radius 1 is 1.09 bits per heavy atom. The van der Waals surface area contributed by atoms with Crippen LogP contribution in [0, 0.1) is 0 Å². The molecule has 23 heavy (non-hydrogen) atoms. The molecule has 0 aromatic rings. The van der Waals surface area contributed by atoms with E-state index in [1.165, 1.54) is 19.3 Å². The molecule has 2 rings (SSSR count). The smallest absolute Gasteiger partial charge is 0.236 e. The number of hydrogen-bond donors (Lipinski definition) is 1. The zero-order valence-corrected chi connectivity index (χ0v) is 15.2. The standard InChI is InChI=1S/C16H30N4O2.ClH/c1-17-12-15(21)20-10-8-19(9-11-20)13-16(22)18(2)14-6-4-3-5-7-14;/h14,17H,3-13H2,1-2H3;1H. The molecule has 7 heteroatoms. The summed E-state index contributed by atoms with van der Waals surface area (Å²) in [4.78, 5) is 30.2. The lowest BCUT2D eigenvalue weighted by Crippen LogP contribution is -2.53. The Labute approximate surface area is 146 Å². The Hall–Kier alpha value is -0.850. The monoisotopic (exact) mass is 346 g/mol. The molecular formula is C16H31ClN4O2. The van der Waals surface area contributed by atoms with Gasteiger partial charge in [-0.1, -0.05) is 19.3 Å². The summed E-state index contributed by atoms with van der Waals surface area (Å²) in [5.74, 6) is 0.370. The van der Waals surface area contributed by atoms with Gasteiger partial charge in [0.05, 0.1) is 13.1 Å². The Kier molecular flexibility index (Phi) is 8.87. The molecule has 0 atom stereocenters. The van der Waals surface area contributed by atoms with E-state index in [9.17, 15) is 9.59 Å². The van der Waals surface area contributed by atoms with Crippen molar-refractivity contribution < 1.29 is 9.59 Å². The molecule has 0 unspecified atom stereocenters. The van der Waals surface area contributed by atoms with Gasteiger partial charge < -0.3 is 15.1 Å². The normalized spacial score (nSPS) is 20.0. The summed E-state index contributed by atoms with van der Waals surface area (Å²) in [6.07, 6.45) is 6.09. The highest BCUT2D eigenvalue weighted by molar-refractivity contribution is 5.85. The highest BCUT2D eigenvalue weighted by atomic mass is 35.5. The molecule has 1 aliphatic carbocycles. The van der Waals surface area contributed by atoms with E-state index in [-0.39, 0.29) is 24.2 Å². The van der Waals surface area contributed by atoms with Crippen LogP contribution in [-0.4, -0.2) is 85.9 Å². The van der Waals surface area contributed by atoms with Gasteiger partial charge in [0.15, 0.2) is 0 Å². The molecule has 0 aromatic heterocycles. The van der Waals surface area contributed by atoms with Crippen molar-refractivity contribution in [2.45, 2.75) is 38.1 Å². The van der Waals surface area contributed by atoms with Crippen LogP contribution in [0.4, 0.5) is 0 Å². The molecule has 1 N–H and O–H groups in total. The second kappa shape index (κ2) is 10.1. The van der Waals surface area contributed by atoms with Crippen molar-refractivity contribution in [3.8, 4) is 0 Å². The maximum absolute atomic E-state index is 12.4. The minimum Gasteiger partial charge on any atom is -0.342 e. The molecule has 1 saturated heterocycles. The van der Waals surface area contributed by atoms with Gasteiger partial charge in [-0.05, 0) is 19.9 Å². The van der Waals surface area contributed by atoms with Gasteiger partial charge in [0.2, 0.25) is 11.8 Å². The second-order valence-corrected chi connectivity index (χ2v) is 6.48. The van der Waals surface area contributed by atoms with Crippen molar-refractivity contribution in [3.05, 3.63) is 0 Å². The molecule has 2 amide bonds. The molecule has 1 heterocycles. The molecule has 0 bridgehead atoms. The van der Waals surface area contributed by atoms with Crippen LogP contribution in [0.15, 0.2) is 0 Å². The first-order valence-corrected chi connectivity index (χ1v) is 8.52. The number of amides is 2. The van der Waals surface area contributed by atoms with Gasteiger partial charge in [-0.2, -0.15) is 0 Å². The SMILES string of the molecule is CNCC(=O)N1CCN(CC(=O)N(C)C2CCCCC2)CC1.Cl. The van der Waals surface area contributed by atoms with Crippen molar-refractivity contribution in [2.24, 2.45) is 0 Å². The predicted octanol–water partition coefficient (Wildman–Crippen LogP) is 0.563. The summed E-state index contributed by atoms with van der Waals surface area (Å²) in [7, 11) is 3.74. The minimum atomic E-state index is 0. The number of hydrogen-bond acceptors (Lipinski definition) is 4. The minimum absolute atomic E-state index is 0. The van der Waals surface area contributed by atoms with Crippen molar-refractivity contribution in [3.63, 3.8) is 0 Å². The zero-order valence-electron chi connectivity index (χ0n) is 14.4. The van der Waals surface area contributed by atoms with E-state index in [1.807, 2.05) is 16.8 Å². The molecule has 0 spiro atoms. The van der Waals surface area contributed by atoms with Gasteiger partial charge in [0, 0.05) is 39.3 Å².